The Morgan fingerprint density at radius 1 is 1.54 bits per heavy atom. The van der Waals surface area contributed by atoms with Gasteiger partial charge in [-0.1, -0.05) is 28.9 Å². The molecule has 0 amide bonds. The molecular weight excluding hydrogens is 233 g/mol. The van der Waals surface area contributed by atoms with Gasteiger partial charge in [-0.2, -0.15) is 0 Å². The minimum Gasteiger partial charge on any atom is -0.322 e. The minimum atomic E-state index is -0.396. The van der Waals surface area contributed by atoms with Gasteiger partial charge in [-0.25, -0.2) is 4.39 Å². The van der Waals surface area contributed by atoms with Crippen molar-refractivity contribution in [1.29, 1.82) is 0 Å². The van der Waals surface area contributed by atoms with Gasteiger partial charge in [0, 0.05) is 10.0 Å². The van der Waals surface area contributed by atoms with Gasteiger partial charge in [0.15, 0.2) is 0 Å². The van der Waals surface area contributed by atoms with Crippen LogP contribution in [0.15, 0.2) is 22.7 Å². The van der Waals surface area contributed by atoms with E-state index in [1.54, 1.807) is 6.07 Å². The Bertz CT molecular complexity index is 310. The van der Waals surface area contributed by atoms with Crippen molar-refractivity contribution < 1.29 is 4.39 Å². The summed E-state index contributed by atoms with van der Waals surface area (Å²) in [4.78, 5) is 0. The molecule has 13 heavy (non-hydrogen) atoms. The van der Waals surface area contributed by atoms with Gasteiger partial charge in [-0.15, -0.1) is 0 Å². The van der Waals surface area contributed by atoms with Crippen LogP contribution < -0.4 is 5.73 Å². The molecule has 3 heteroatoms. The van der Waals surface area contributed by atoms with Gasteiger partial charge in [-0.05, 0) is 31.0 Å². The molecule has 0 aliphatic heterocycles. The van der Waals surface area contributed by atoms with Gasteiger partial charge in [0.2, 0.25) is 0 Å². The highest BCUT2D eigenvalue weighted by Gasteiger charge is 2.21. The summed E-state index contributed by atoms with van der Waals surface area (Å²) in [6, 6.07) is 4.60. The van der Waals surface area contributed by atoms with Crippen LogP contribution in [0.1, 0.15) is 25.8 Å². The molecule has 0 saturated heterocycles. The minimum absolute atomic E-state index is 0.248. The third kappa shape index (κ3) is 2.29. The molecule has 1 nitrogen and oxygen atoms in total. The zero-order valence-corrected chi connectivity index (χ0v) is 9.36. The molecule has 1 aromatic carbocycles. The van der Waals surface area contributed by atoms with E-state index in [0.717, 1.165) is 16.5 Å². The number of benzene rings is 1. The van der Waals surface area contributed by atoms with Crippen LogP contribution >= 0.6 is 15.9 Å². The van der Waals surface area contributed by atoms with Crippen LogP contribution in [0.3, 0.4) is 0 Å². The highest BCUT2D eigenvalue weighted by Crippen LogP contribution is 2.29. The molecule has 0 fully saturated rings. The van der Waals surface area contributed by atoms with Crippen LogP contribution in [0.4, 0.5) is 4.39 Å². The summed E-state index contributed by atoms with van der Waals surface area (Å²) < 4.78 is 13.5. The zero-order chi connectivity index (χ0) is 10.1. The fraction of sp³-hybridized carbons (Fsp3) is 0.400. The SMILES string of the molecule is CCC(C)(N)c1ccc(F)cc1Br. The van der Waals surface area contributed by atoms with Crippen LogP contribution in [0.25, 0.3) is 0 Å². The highest BCUT2D eigenvalue weighted by molar-refractivity contribution is 9.10. The average molecular weight is 246 g/mol. The fourth-order valence-corrected chi connectivity index (χ4v) is 1.95. The first-order valence-electron chi connectivity index (χ1n) is 4.22. The largest absolute Gasteiger partial charge is 0.322 e. The van der Waals surface area contributed by atoms with Crippen LogP contribution in [-0.2, 0) is 5.54 Å². The van der Waals surface area contributed by atoms with Crippen molar-refractivity contribution in [3.05, 3.63) is 34.1 Å². The summed E-state index contributed by atoms with van der Waals surface area (Å²) in [7, 11) is 0. The second kappa shape index (κ2) is 3.76. The monoisotopic (exact) mass is 245 g/mol. The maximum Gasteiger partial charge on any atom is 0.124 e. The Morgan fingerprint density at radius 2 is 2.15 bits per heavy atom. The number of rotatable bonds is 2. The Morgan fingerprint density at radius 3 is 2.62 bits per heavy atom. The molecule has 1 unspecified atom stereocenters. The van der Waals surface area contributed by atoms with Gasteiger partial charge >= 0.3 is 0 Å². The molecule has 1 atom stereocenters. The van der Waals surface area contributed by atoms with Gasteiger partial charge < -0.3 is 5.73 Å². The molecule has 2 N–H and O–H groups in total. The van der Waals surface area contributed by atoms with Gasteiger partial charge in [0.1, 0.15) is 5.82 Å². The van der Waals surface area contributed by atoms with Crippen molar-refractivity contribution >= 4 is 15.9 Å². The van der Waals surface area contributed by atoms with Crippen molar-refractivity contribution in [2.75, 3.05) is 0 Å². The smallest absolute Gasteiger partial charge is 0.124 e. The first-order valence-corrected chi connectivity index (χ1v) is 5.01. The fourth-order valence-electron chi connectivity index (χ4n) is 1.14. The van der Waals surface area contributed by atoms with Gasteiger partial charge in [-0.3, -0.25) is 0 Å². The van der Waals surface area contributed by atoms with Gasteiger partial charge in [0.05, 0.1) is 0 Å². The Balaban J connectivity index is 3.16. The predicted molar refractivity (Wildman–Crippen MR) is 55.9 cm³/mol. The first kappa shape index (κ1) is 10.7. The third-order valence-corrected chi connectivity index (χ3v) is 2.94. The van der Waals surface area contributed by atoms with Crippen LogP contribution in [-0.4, -0.2) is 0 Å². The molecule has 0 saturated carbocycles. The molecule has 0 aliphatic rings. The van der Waals surface area contributed by atoms with Crippen molar-refractivity contribution in [2.24, 2.45) is 5.73 Å². The van der Waals surface area contributed by atoms with E-state index in [0.29, 0.717) is 0 Å². The van der Waals surface area contributed by atoms with Gasteiger partial charge in [0.25, 0.3) is 0 Å². The molecule has 0 bridgehead atoms. The average Bonchev–Trinajstić information content (AvgIpc) is 2.03. The lowest BCUT2D eigenvalue weighted by Gasteiger charge is -2.24. The van der Waals surface area contributed by atoms with Crippen molar-refractivity contribution in [3.63, 3.8) is 0 Å². The molecule has 0 aromatic heterocycles. The van der Waals surface area contributed by atoms with E-state index in [2.05, 4.69) is 15.9 Å². The molecular formula is C10H13BrFN. The first-order chi connectivity index (χ1) is 5.97. The lowest BCUT2D eigenvalue weighted by Crippen LogP contribution is -2.32. The zero-order valence-electron chi connectivity index (χ0n) is 7.77. The topological polar surface area (TPSA) is 26.0 Å². The lowest BCUT2D eigenvalue weighted by molar-refractivity contribution is 0.473. The highest BCUT2D eigenvalue weighted by atomic mass is 79.9. The summed E-state index contributed by atoms with van der Waals surface area (Å²) in [5, 5.41) is 0. The normalized spacial score (nSPS) is 15.5. The molecule has 1 rings (SSSR count). The standard InChI is InChI=1S/C10H13BrFN/c1-3-10(2,13)8-5-4-7(12)6-9(8)11/h4-6H,3,13H2,1-2H3. The van der Waals surface area contributed by atoms with E-state index in [9.17, 15) is 4.39 Å². The van der Waals surface area contributed by atoms with Crippen LogP contribution in [0.2, 0.25) is 0 Å². The van der Waals surface area contributed by atoms with E-state index in [1.165, 1.54) is 12.1 Å². The molecule has 1 aromatic rings. The molecule has 0 heterocycles. The van der Waals surface area contributed by atoms with E-state index in [-0.39, 0.29) is 5.82 Å². The summed E-state index contributed by atoms with van der Waals surface area (Å²) >= 11 is 3.30. The summed E-state index contributed by atoms with van der Waals surface area (Å²) in [6.07, 6.45) is 0.817. The van der Waals surface area contributed by atoms with Crippen molar-refractivity contribution in [3.8, 4) is 0 Å². The maximum absolute atomic E-state index is 12.8. The second-order valence-electron chi connectivity index (χ2n) is 3.40. The number of nitrogens with two attached hydrogens (primary N) is 1. The van der Waals surface area contributed by atoms with E-state index < -0.39 is 5.54 Å². The summed E-state index contributed by atoms with van der Waals surface area (Å²) in [5.74, 6) is -0.248. The summed E-state index contributed by atoms with van der Waals surface area (Å²) in [6.45, 7) is 3.95. The van der Waals surface area contributed by atoms with E-state index >= 15 is 0 Å². The van der Waals surface area contributed by atoms with Crippen molar-refractivity contribution in [2.45, 2.75) is 25.8 Å². The molecule has 0 aliphatic carbocycles. The quantitative estimate of drug-likeness (QED) is 0.852. The van der Waals surface area contributed by atoms with Crippen molar-refractivity contribution in [1.82, 2.24) is 0 Å². The number of hydrogen-bond donors (Lipinski definition) is 1. The number of halogens is 2. The lowest BCUT2D eigenvalue weighted by atomic mass is 9.91. The maximum atomic E-state index is 12.8. The second-order valence-corrected chi connectivity index (χ2v) is 4.25. The molecule has 0 radical (unpaired) electrons. The van der Waals surface area contributed by atoms with Crippen LogP contribution in [0.5, 0.6) is 0 Å². The van der Waals surface area contributed by atoms with Crippen LogP contribution in [0, 0.1) is 5.82 Å². The Hall–Kier alpha value is -0.410. The Labute approximate surface area is 86.3 Å². The Kier molecular flexibility index (Phi) is 3.09. The predicted octanol–water partition coefficient (Wildman–Crippen LogP) is 3.17. The summed E-state index contributed by atoms with van der Waals surface area (Å²) in [5.41, 5.74) is 6.58. The van der Waals surface area contributed by atoms with E-state index in [1.807, 2.05) is 13.8 Å². The third-order valence-electron chi connectivity index (χ3n) is 2.28. The number of hydrogen-bond acceptors (Lipinski definition) is 1. The molecule has 0 spiro atoms. The van der Waals surface area contributed by atoms with E-state index in [4.69, 9.17) is 5.73 Å². The molecule has 72 valence electrons.